The van der Waals surface area contributed by atoms with Crippen molar-refractivity contribution in [3.63, 3.8) is 0 Å². The van der Waals surface area contributed by atoms with E-state index in [9.17, 15) is 19.5 Å². The first kappa shape index (κ1) is 17.9. The lowest BCUT2D eigenvalue weighted by atomic mass is 9.74. The number of esters is 1. The molecule has 1 N–H and O–H groups in total. The molecule has 5 heteroatoms. The van der Waals surface area contributed by atoms with Gasteiger partial charge in [-0.2, -0.15) is 0 Å². The van der Waals surface area contributed by atoms with Crippen LogP contribution in [0.5, 0.6) is 0 Å². The highest BCUT2D eigenvalue weighted by Crippen LogP contribution is 2.39. The highest BCUT2D eigenvalue weighted by molar-refractivity contribution is 6.09. The maximum Gasteiger partial charge on any atom is 0.337 e. The summed E-state index contributed by atoms with van der Waals surface area (Å²) in [7, 11) is 1.22. The van der Waals surface area contributed by atoms with Crippen LogP contribution in [0.15, 0.2) is 41.7 Å². The smallest absolute Gasteiger partial charge is 0.337 e. The van der Waals surface area contributed by atoms with E-state index >= 15 is 0 Å². The van der Waals surface area contributed by atoms with Crippen molar-refractivity contribution < 1.29 is 24.2 Å². The van der Waals surface area contributed by atoms with Gasteiger partial charge in [0.25, 0.3) is 0 Å². The fourth-order valence-corrected chi connectivity index (χ4v) is 3.06. The van der Waals surface area contributed by atoms with Crippen LogP contribution in [0.4, 0.5) is 0 Å². The fraction of sp³-hybridized carbons (Fsp3) is 0.421. The highest BCUT2D eigenvalue weighted by Gasteiger charge is 2.43. The van der Waals surface area contributed by atoms with Gasteiger partial charge in [-0.25, -0.2) is 4.79 Å². The van der Waals surface area contributed by atoms with Crippen molar-refractivity contribution in [2.45, 2.75) is 38.5 Å². The largest absolute Gasteiger partial charge is 0.510 e. The Morgan fingerprint density at radius 3 is 2.50 bits per heavy atom. The first-order valence-corrected chi connectivity index (χ1v) is 8.12. The van der Waals surface area contributed by atoms with Crippen molar-refractivity contribution in [2.75, 3.05) is 7.11 Å². The fourth-order valence-electron chi connectivity index (χ4n) is 3.06. The Morgan fingerprint density at radius 1 is 1.25 bits per heavy atom. The Bertz CT molecular complexity index is 660. The van der Waals surface area contributed by atoms with Gasteiger partial charge in [-0.15, -0.1) is 0 Å². The third-order valence-corrected chi connectivity index (χ3v) is 4.33. The van der Waals surface area contributed by atoms with Crippen LogP contribution in [-0.2, 0) is 19.1 Å². The van der Waals surface area contributed by atoms with Gasteiger partial charge in [0.05, 0.1) is 12.7 Å². The van der Waals surface area contributed by atoms with E-state index in [4.69, 9.17) is 4.74 Å². The van der Waals surface area contributed by atoms with E-state index in [0.717, 1.165) is 12.0 Å². The molecule has 0 aliphatic heterocycles. The Morgan fingerprint density at radius 2 is 1.92 bits per heavy atom. The number of rotatable bonds is 6. The number of methoxy groups -OCH3 is 1. The van der Waals surface area contributed by atoms with Gasteiger partial charge < -0.3 is 9.84 Å². The molecule has 0 radical (unpaired) electrons. The number of Topliss-reactive ketones (excluding diaryl/α,β-unsaturated/α-hetero) is 2. The molecule has 0 aromatic heterocycles. The van der Waals surface area contributed by atoms with Gasteiger partial charge in [0.1, 0.15) is 11.7 Å². The summed E-state index contributed by atoms with van der Waals surface area (Å²) in [5, 5.41) is 10.5. The van der Waals surface area contributed by atoms with Crippen LogP contribution in [-0.4, -0.2) is 29.8 Å². The number of aliphatic hydroxyl groups excluding tert-OH is 1. The zero-order chi connectivity index (χ0) is 17.7. The maximum atomic E-state index is 12.5. The second kappa shape index (κ2) is 7.90. The van der Waals surface area contributed by atoms with E-state index in [-0.39, 0.29) is 30.0 Å². The average Bonchev–Trinajstić information content (AvgIpc) is 2.59. The molecule has 2 rings (SSSR count). The Balaban J connectivity index is 2.47. The SMILES string of the molecule is CCCCC(=O)[C@H]1C(=O)C[C@H](c2ccccc2)C(C(=O)OC)=C1O. The summed E-state index contributed by atoms with van der Waals surface area (Å²) in [4.78, 5) is 37.0. The molecule has 0 saturated carbocycles. The Hall–Kier alpha value is -2.43. The van der Waals surface area contributed by atoms with Crippen LogP contribution in [0.1, 0.15) is 44.1 Å². The quantitative estimate of drug-likeness (QED) is 0.640. The van der Waals surface area contributed by atoms with E-state index in [0.29, 0.717) is 6.42 Å². The van der Waals surface area contributed by atoms with Crippen LogP contribution < -0.4 is 0 Å². The number of ketones is 2. The summed E-state index contributed by atoms with van der Waals surface area (Å²) in [6, 6.07) is 8.99. The van der Waals surface area contributed by atoms with Crippen molar-refractivity contribution in [1.29, 1.82) is 0 Å². The van der Waals surface area contributed by atoms with E-state index in [1.807, 2.05) is 13.0 Å². The topological polar surface area (TPSA) is 80.7 Å². The van der Waals surface area contributed by atoms with Gasteiger partial charge in [0, 0.05) is 18.8 Å². The molecule has 0 heterocycles. The standard InChI is InChI=1S/C19H22O5/c1-3-4-10-14(20)17-15(21)11-13(12-8-6-5-7-9-12)16(18(17)22)19(23)24-2/h5-9,13,17,22H,3-4,10-11H2,1-2H3/t13-,17+/m1/s1. The van der Waals surface area contributed by atoms with Gasteiger partial charge in [0.2, 0.25) is 0 Å². The van der Waals surface area contributed by atoms with Crippen LogP contribution in [0.2, 0.25) is 0 Å². The Kier molecular flexibility index (Phi) is 5.90. The van der Waals surface area contributed by atoms with E-state index in [1.165, 1.54) is 7.11 Å². The molecule has 0 fully saturated rings. The lowest BCUT2D eigenvalue weighted by Crippen LogP contribution is -2.35. The second-order valence-corrected chi connectivity index (χ2v) is 5.93. The summed E-state index contributed by atoms with van der Waals surface area (Å²) in [5.74, 6) is -3.69. The molecule has 0 spiro atoms. The minimum absolute atomic E-state index is 0.00103. The predicted molar refractivity (Wildman–Crippen MR) is 88.5 cm³/mol. The maximum absolute atomic E-state index is 12.5. The van der Waals surface area contributed by atoms with Crippen molar-refractivity contribution in [3.05, 3.63) is 47.2 Å². The molecule has 1 aromatic carbocycles. The molecule has 128 valence electrons. The summed E-state index contributed by atoms with van der Waals surface area (Å²) in [5.41, 5.74) is 0.746. The predicted octanol–water partition coefficient (Wildman–Crippen LogP) is 3.10. The molecule has 1 aromatic rings. The van der Waals surface area contributed by atoms with Crippen molar-refractivity contribution in [2.24, 2.45) is 5.92 Å². The molecule has 0 saturated heterocycles. The van der Waals surface area contributed by atoms with Gasteiger partial charge in [0.15, 0.2) is 11.6 Å². The number of unbranched alkanes of at least 4 members (excludes halogenated alkanes) is 1. The molecule has 24 heavy (non-hydrogen) atoms. The number of carbonyl (C=O) groups is 3. The van der Waals surface area contributed by atoms with Crippen molar-refractivity contribution in [3.8, 4) is 0 Å². The number of ether oxygens (including phenoxy) is 1. The molecule has 1 aliphatic rings. The number of hydrogen-bond donors (Lipinski definition) is 1. The number of benzene rings is 1. The minimum atomic E-state index is -1.24. The normalized spacial score (nSPS) is 20.8. The summed E-state index contributed by atoms with van der Waals surface area (Å²) in [6.07, 6.45) is 1.67. The molecule has 0 unspecified atom stereocenters. The zero-order valence-corrected chi connectivity index (χ0v) is 14.0. The van der Waals surface area contributed by atoms with E-state index < -0.39 is 23.6 Å². The third-order valence-electron chi connectivity index (χ3n) is 4.33. The molecule has 2 atom stereocenters. The van der Waals surface area contributed by atoms with Gasteiger partial charge in [-0.3, -0.25) is 9.59 Å². The zero-order valence-electron chi connectivity index (χ0n) is 14.0. The number of carbonyl (C=O) groups excluding carboxylic acids is 3. The number of hydrogen-bond acceptors (Lipinski definition) is 5. The third kappa shape index (κ3) is 3.55. The summed E-state index contributed by atoms with van der Waals surface area (Å²) in [6.45, 7) is 1.94. The first-order valence-electron chi connectivity index (χ1n) is 8.12. The van der Waals surface area contributed by atoms with Crippen molar-refractivity contribution in [1.82, 2.24) is 0 Å². The number of allylic oxidation sites excluding steroid dienone is 1. The van der Waals surface area contributed by atoms with Gasteiger partial charge >= 0.3 is 5.97 Å². The van der Waals surface area contributed by atoms with E-state index in [2.05, 4.69) is 0 Å². The molecule has 1 aliphatic carbocycles. The summed E-state index contributed by atoms with van der Waals surface area (Å²) < 4.78 is 4.78. The highest BCUT2D eigenvalue weighted by atomic mass is 16.5. The molecule has 5 nitrogen and oxygen atoms in total. The molecular formula is C19H22O5. The first-order chi connectivity index (χ1) is 11.5. The Labute approximate surface area is 141 Å². The molecule has 0 bridgehead atoms. The second-order valence-electron chi connectivity index (χ2n) is 5.93. The van der Waals surface area contributed by atoms with Gasteiger partial charge in [-0.05, 0) is 12.0 Å². The lowest BCUT2D eigenvalue weighted by Gasteiger charge is -2.28. The number of aliphatic hydroxyl groups is 1. The van der Waals surface area contributed by atoms with Crippen LogP contribution >= 0.6 is 0 Å². The van der Waals surface area contributed by atoms with Gasteiger partial charge in [-0.1, -0.05) is 43.7 Å². The van der Waals surface area contributed by atoms with Crippen LogP contribution in [0, 0.1) is 5.92 Å². The molecule has 0 amide bonds. The average molecular weight is 330 g/mol. The lowest BCUT2D eigenvalue weighted by molar-refractivity contribution is -0.137. The van der Waals surface area contributed by atoms with Crippen LogP contribution in [0.3, 0.4) is 0 Å². The van der Waals surface area contributed by atoms with Crippen LogP contribution in [0.25, 0.3) is 0 Å². The molecular weight excluding hydrogens is 308 g/mol. The van der Waals surface area contributed by atoms with E-state index in [1.54, 1.807) is 24.3 Å². The minimum Gasteiger partial charge on any atom is -0.510 e. The monoisotopic (exact) mass is 330 g/mol. The summed E-state index contributed by atoms with van der Waals surface area (Å²) >= 11 is 0. The van der Waals surface area contributed by atoms with Crippen molar-refractivity contribution >= 4 is 17.5 Å².